The lowest BCUT2D eigenvalue weighted by Crippen LogP contribution is -2.43. The molecule has 0 fully saturated rings. The van der Waals surface area contributed by atoms with Crippen molar-refractivity contribution in [3.8, 4) is 0 Å². The summed E-state index contributed by atoms with van der Waals surface area (Å²) in [6.07, 6.45) is 9.38. The second-order valence-corrected chi connectivity index (χ2v) is 9.89. The smallest absolute Gasteiger partial charge is 0.338 e. The topological polar surface area (TPSA) is 108 Å². The maximum atomic E-state index is 12.9. The van der Waals surface area contributed by atoms with Gasteiger partial charge in [-0.25, -0.2) is 4.79 Å². The lowest BCUT2D eigenvalue weighted by Gasteiger charge is -2.23. The van der Waals surface area contributed by atoms with Gasteiger partial charge in [0, 0.05) is 0 Å². The summed E-state index contributed by atoms with van der Waals surface area (Å²) in [6.45, 7) is 10.7. The third kappa shape index (κ3) is 15.6. The molecule has 0 spiro atoms. The van der Waals surface area contributed by atoms with E-state index in [-0.39, 0.29) is 31.7 Å². The second kappa shape index (κ2) is 20.2. The van der Waals surface area contributed by atoms with Gasteiger partial charge in [0.15, 0.2) is 0 Å². The predicted molar refractivity (Wildman–Crippen MR) is 137 cm³/mol. The first kappa shape index (κ1) is 33.0. The molecule has 0 aliphatic heterocycles. The van der Waals surface area contributed by atoms with Crippen molar-refractivity contribution in [3.05, 3.63) is 4.91 Å². The van der Waals surface area contributed by atoms with Gasteiger partial charge in [-0.05, 0) is 36.3 Å². The number of nitroso groups, excluding NO2 is 1. The van der Waals surface area contributed by atoms with Crippen molar-refractivity contribution in [1.82, 2.24) is 0 Å². The average Bonchev–Trinajstić information content (AvgIpc) is 2.84. The zero-order valence-electron chi connectivity index (χ0n) is 22.8. The van der Waals surface area contributed by atoms with E-state index in [0.717, 1.165) is 64.2 Å². The molecule has 204 valence electrons. The number of unbranched alkanes of at least 4 members (excludes halogenated alkanes) is 6. The number of ether oxygens (including phenoxy) is 3. The molecule has 0 radical (unpaired) electrons. The monoisotopic (exact) mass is 499 g/mol. The van der Waals surface area contributed by atoms with E-state index in [1.165, 1.54) is 0 Å². The Morgan fingerprint density at radius 1 is 0.686 bits per heavy atom. The molecular weight excluding hydrogens is 450 g/mol. The molecule has 2 atom stereocenters. The van der Waals surface area contributed by atoms with Gasteiger partial charge in [0.25, 0.3) is 0 Å². The highest BCUT2D eigenvalue weighted by molar-refractivity contribution is 5.91. The van der Waals surface area contributed by atoms with Crippen LogP contribution < -0.4 is 0 Å². The second-order valence-electron chi connectivity index (χ2n) is 9.89. The summed E-state index contributed by atoms with van der Waals surface area (Å²) in [6, 6.07) is 0. The van der Waals surface area contributed by atoms with Crippen molar-refractivity contribution in [1.29, 1.82) is 0 Å². The normalized spacial score (nSPS) is 14.4. The van der Waals surface area contributed by atoms with Gasteiger partial charge in [-0.15, -0.1) is 4.91 Å². The molecule has 0 heterocycles. The van der Waals surface area contributed by atoms with E-state index in [0.29, 0.717) is 6.42 Å². The highest BCUT2D eigenvalue weighted by Crippen LogP contribution is 2.26. The van der Waals surface area contributed by atoms with Gasteiger partial charge in [-0.2, -0.15) is 0 Å². The highest BCUT2D eigenvalue weighted by atomic mass is 16.5. The molecule has 0 aromatic carbocycles. The van der Waals surface area contributed by atoms with Gasteiger partial charge in [-0.3, -0.25) is 9.59 Å². The Bertz CT molecular complexity index is 576. The zero-order chi connectivity index (χ0) is 26.5. The molecule has 0 bridgehead atoms. The van der Waals surface area contributed by atoms with Crippen LogP contribution in [0.15, 0.2) is 5.18 Å². The number of carbonyl (C=O) groups is 3. The number of hydrogen-bond acceptors (Lipinski definition) is 8. The van der Waals surface area contributed by atoms with Gasteiger partial charge in [0.1, 0.15) is 0 Å². The van der Waals surface area contributed by atoms with Gasteiger partial charge in [0.05, 0.1) is 32.7 Å². The van der Waals surface area contributed by atoms with E-state index >= 15 is 0 Å². The van der Waals surface area contributed by atoms with Gasteiger partial charge >= 0.3 is 17.9 Å². The van der Waals surface area contributed by atoms with Gasteiger partial charge in [-0.1, -0.05) is 86.0 Å². The third-order valence-electron chi connectivity index (χ3n) is 6.07. The molecule has 8 nitrogen and oxygen atoms in total. The maximum absolute atomic E-state index is 12.9. The molecule has 0 N–H and O–H groups in total. The molecule has 0 rings (SSSR count). The minimum Gasteiger partial charge on any atom is -0.465 e. The fourth-order valence-corrected chi connectivity index (χ4v) is 3.64. The van der Waals surface area contributed by atoms with Crippen molar-refractivity contribution < 1.29 is 28.6 Å². The first-order chi connectivity index (χ1) is 16.7. The minimum atomic E-state index is -2.18. The van der Waals surface area contributed by atoms with Crippen LogP contribution in [0.1, 0.15) is 118 Å². The maximum Gasteiger partial charge on any atom is 0.338 e. The van der Waals surface area contributed by atoms with Crippen LogP contribution in [0.3, 0.4) is 0 Å². The average molecular weight is 500 g/mol. The lowest BCUT2D eigenvalue weighted by molar-refractivity contribution is -0.162. The number of rotatable bonds is 22. The first-order valence-electron chi connectivity index (χ1n) is 13.6. The Balaban J connectivity index is 5.14. The molecule has 0 aliphatic carbocycles. The highest BCUT2D eigenvalue weighted by Gasteiger charge is 2.47. The van der Waals surface area contributed by atoms with Crippen LogP contribution in [0, 0.1) is 16.7 Å². The number of nitrogens with zero attached hydrogens (tertiary/aromatic N) is 1. The third-order valence-corrected chi connectivity index (χ3v) is 6.07. The number of hydrogen-bond donors (Lipinski definition) is 0. The lowest BCUT2D eigenvalue weighted by atomic mass is 9.92. The van der Waals surface area contributed by atoms with Crippen LogP contribution in [-0.2, 0) is 28.6 Å². The van der Waals surface area contributed by atoms with E-state index < -0.39 is 36.3 Å². The molecule has 0 saturated carbocycles. The molecule has 35 heavy (non-hydrogen) atoms. The largest absolute Gasteiger partial charge is 0.465 e. The Morgan fingerprint density at radius 2 is 1.14 bits per heavy atom. The Labute approximate surface area is 212 Å². The van der Waals surface area contributed by atoms with E-state index in [2.05, 4.69) is 25.9 Å². The van der Waals surface area contributed by atoms with Crippen LogP contribution in [-0.4, -0.2) is 43.3 Å². The van der Waals surface area contributed by atoms with Crippen LogP contribution in [0.25, 0.3) is 0 Å². The van der Waals surface area contributed by atoms with Crippen LogP contribution in [0.5, 0.6) is 0 Å². The number of esters is 3. The van der Waals surface area contributed by atoms with E-state index in [9.17, 15) is 19.3 Å². The van der Waals surface area contributed by atoms with Crippen molar-refractivity contribution >= 4 is 17.9 Å². The van der Waals surface area contributed by atoms with Gasteiger partial charge < -0.3 is 14.2 Å². The van der Waals surface area contributed by atoms with Crippen LogP contribution in [0.2, 0.25) is 0 Å². The van der Waals surface area contributed by atoms with Crippen LogP contribution in [0.4, 0.5) is 0 Å². The fraction of sp³-hybridized carbons (Fsp3) is 0.889. The molecule has 2 unspecified atom stereocenters. The molecule has 0 aliphatic rings. The molecule has 0 aromatic heterocycles. The summed E-state index contributed by atoms with van der Waals surface area (Å²) in [7, 11) is 0. The minimum absolute atomic E-state index is 0.103. The van der Waals surface area contributed by atoms with Crippen molar-refractivity contribution in [2.75, 3.05) is 19.8 Å². The van der Waals surface area contributed by atoms with Crippen molar-refractivity contribution in [3.63, 3.8) is 0 Å². The molecular formula is C27H49NO7. The summed E-state index contributed by atoms with van der Waals surface area (Å²) < 4.78 is 15.9. The summed E-state index contributed by atoms with van der Waals surface area (Å²) in [5, 5.41) is 2.95. The standard InChI is InChI=1S/C27H49NO7/c1-6-9-12-13-14-17-33-26(31)27(28-32,18-24(29)34-20-22(4)15-10-7-2)19-25(30)35-21-23(5)16-11-8-3/h22-23H,6-21H2,1-5H3. The van der Waals surface area contributed by atoms with E-state index in [4.69, 9.17) is 14.2 Å². The fourth-order valence-electron chi connectivity index (χ4n) is 3.64. The summed E-state index contributed by atoms with van der Waals surface area (Å²) in [4.78, 5) is 49.9. The Kier molecular flexibility index (Phi) is 19.1. The predicted octanol–water partition coefficient (Wildman–Crippen LogP) is 6.52. The summed E-state index contributed by atoms with van der Waals surface area (Å²) in [5.74, 6) is -2.17. The molecule has 0 aromatic rings. The van der Waals surface area contributed by atoms with Gasteiger partial charge in [0.2, 0.25) is 5.54 Å². The Hall–Kier alpha value is -1.99. The molecule has 0 saturated heterocycles. The van der Waals surface area contributed by atoms with Crippen LogP contribution >= 0.6 is 0 Å². The summed E-state index contributed by atoms with van der Waals surface area (Å²) >= 11 is 0. The number of carbonyl (C=O) groups excluding carboxylic acids is 3. The van der Waals surface area contributed by atoms with Crippen molar-refractivity contribution in [2.45, 2.75) is 124 Å². The first-order valence-corrected chi connectivity index (χ1v) is 13.6. The SMILES string of the molecule is CCCCCCCOC(=O)C(CC(=O)OCC(C)CCCC)(CC(=O)OCC(C)CCCC)N=O. The molecule has 0 amide bonds. The van der Waals surface area contributed by atoms with E-state index in [1.54, 1.807) is 0 Å². The zero-order valence-corrected chi connectivity index (χ0v) is 22.8. The molecule has 8 heteroatoms. The van der Waals surface area contributed by atoms with E-state index in [1.807, 2.05) is 13.8 Å². The summed E-state index contributed by atoms with van der Waals surface area (Å²) in [5.41, 5.74) is -2.18. The van der Waals surface area contributed by atoms with Crippen molar-refractivity contribution in [2.24, 2.45) is 17.0 Å². The Morgan fingerprint density at radius 3 is 1.57 bits per heavy atom. The quantitative estimate of drug-likeness (QED) is 0.0721.